The Balaban J connectivity index is 1.54. The minimum atomic E-state index is -2.19. The number of carbonyl (C=O) groups is 2. The average molecular weight is 417 g/mol. The zero-order chi connectivity index (χ0) is 22.0. The highest BCUT2D eigenvalue weighted by Crippen LogP contribution is 2.44. The molecule has 1 atom stereocenters. The van der Waals surface area contributed by atoms with Crippen molar-refractivity contribution in [3.05, 3.63) is 89.5 Å². The minimum Gasteiger partial charge on any atom is -0.497 e. The molecule has 0 spiro atoms. The van der Waals surface area contributed by atoms with Crippen LogP contribution in [0, 0.1) is 0 Å². The SMILES string of the molecule is COc1ccc(C[C@](N)(C(=O)O)C(=O)OCC2c3ccccc3-c3ccccc32)cc1. The molecule has 0 saturated carbocycles. The van der Waals surface area contributed by atoms with Crippen LogP contribution in [0.15, 0.2) is 72.8 Å². The topological polar surface area (TPSA) is 98.9 Å². The van der Waals surface area contributed by atoms with Crippen molar-refractivity contribution >= 4 is 11.9 Å². The Morgan fingerprint density at radius 3 is 2.00 bits per heavy atom. The van der Waals surface area contributed by atoms with Gasteiger partial charge in [0.05, 0.1) is 7.11 Å². The van der Waals surface area contributed by atoms with Crippen LogP contribution in [0.1, 0.15) is 22.6 Å². The molecule has 0 heterocycles. The largest absolute Gasteiger partial charge is 0.497 e. The standard InChI is InChI=1S/C25H23NO5/c1-30-17-12-10-16(11-13-17)14-25(26,23(27)28)24(29)31-15-22-20-8-4-2-6-18(20)19-7-3-5-9-21(19)22/h2-13,22H,14-15,26H2,1H3,(H,27,28)/t25-/m0/s1. The fourth-order valence-corrected chi connectivity index (χ4v) is 4.03. The van der Waals surface area contributed by atoms with Crippen LogP contribution >= 0.6 is 0 Å². The lowest BCUT2D eigenvalue weighted by Crippen LogP contribution is -2.57. The van der Waals surface area contributed by atoms with Crippen molar-refractivity contribution in [3.63, 3.8) is 0 Å². The van der Waals surface area contributed by atoms with E-state index in [4.69, 9.17) is 15.2 Å². The molecule has 0 saturated heterocycles. The number of rotatable bonds is 7. The molecule has 3 aromatic carbocycles. The summed E-state index contributed by atoms with van der Waals surface area (Å²) in [4.78, 5) is 24.8. The van der Waals surface area contributed by atoms with Gasteiger partial charge in [0.15, 0.2) is 0 Å². The lowest BCUT2D eigenvalue weighted by molar-refractivity contribution is -0.161. The van der Waals surface area contributed by atoms with Gasteiger partial charge in [-0.15, -0.1) is 0 Å². The molecule has 6 heteroatoms. The van der Waals surface area contributed by atoms with E-state index in [0.717, 1.165) is 22.3 Å². The molecule has 0 aliphatic heterocycles. The van der Waals surface area contributed by atoms with E-state index in [2.05, 4.69) is 0 Å². The highest BCUT2D eigenvalue weighted by atomic mass is 16.5. The van der Waals surface area contributed by atoms with Crippen molar-refractivity contribution in [2.24, 2.45) is 5.73 Å². The lowest BCUT2D eigenvalue weighted by Gasteiger charge is -2.24. The molecule has 0 unspecified atom stereocenters. The summed E-state index contributed by atoms with van der Waals surface area (Å²) in [6.45, 7) is 0.0156. The lowest BCUT2D eigenvalue weighted by atomic mass is 9.91. The molecule has 0 fully saturated rings. The third kappa shape index (κ3) is 3.78. The number of hydrogen-bond donors (Lipinski definition) is 2. The number of aliphatic carboxylic acids is 1. The maximum absolute atomic E-state index is 12.9. The minimum absolute atomic E-state index is 0.0156. The van der Waals surface area contributed by atoms with Crippen LogP contribution in [0.3, 0.4) is 0 Å². The van der Waals surface area contributed by atoms with Gasteiger partial charge in [0, 0.05) is 12.3 Å². The summed E-state index contributed by atoms with van der Waals surface area (Å²) in [6.07, 6.45) is -0.191. The fourth-order valence-electron chi connectivity index (χ4n) is 4.03. The Morgan fingerprint density at radius 2 is 1.48 bits per heavy atom. The second-order valence-electron chi connectivity index (χ2n) is 7.63. The van der Waals surface area contributed by atoms with Crippen LogP contribution in [-0.2, 0) is 20.7 Å². The van der Waals surface area contributed by atoms with Gasteiger partial charge >= 0.3 is 11.9 Å². The molecule has 0 radical (unpaired) electrons. The van der Waals surface area contributed by atoms with Crippen molar-refractivity contribution in [2.45, 2.75) is 17.9 Å². The van der Waals surface area contributed by atoms with E-state index in [1.54, 1.807) is 24.3 Å². The Hall–Kier alpha value is -3.64. The zero-order valence-corrected chi connectivity index (χ0v) is 17.1. The number of fused-ring (bicyclic) bond motifs is 3. The molecular weight excluding hydrogens is 394 g/mol. The first kappa shape index (κ1) is 20.6. The van der Waals surface area contributed by atoms with E-state index in [1.807, 2.05) is 48.5 Å². The molecule has 6 nitrogen and oxygen atoms in total. The monoisotopic (exact) mass is 417 g/mol. The van der Waals surface area contributed by atoms with Crippen molar-refractivity contribution in [1.82, 2.24) is 0 Å². The molecule has 31 heavy (non-hydrogen) atoms. The van der Waals surface area contributed by atoms with Crippen molar-refractivity contribution in [3.8, 4) is 16.9 Å². The third-order valence-corrected chi connectivity index (χ3v) is 5.73. The Bertz CT molecular complexity index is 1080. The number of nitrogens with two attached hydrogens (primary N) is 1. The highest BCUT2D eigenvalue weighted by molar-refractivity contribution is 6.04. The molecule has 1 aliphatic carbocycles. The number of carboxylic acid groups (broad SMARTS) is 1. The van der Waals surface area contributed by atoms with Gasteiger partial charge in [0.25, 0.3) is 0 Å². The quantitative estimate of drug-likeness (QED) is 0.452. The zero-order valence-electron chi connectivity index (χ0n) is 17.1. The van der Waals surface area contributed by atoms with Crippen LogP contribution in [0.4, 0.5) is 0 Å². The third-order valence-electron chi connectivity index (χ3n) is 5.73. The smallest absolute Gasteiger partial charge is 0.338 e. The van der Waals surface area contributed by atoms with Crippen LogP contribution in [-0.4, -0.2) is 36.3 Å². The predicted molar refractivity (Wildman–Crippen MR) is 116 cm³/mol. The number of carbonyl (C=O) groups excluding carboxylic acids is 1. The maximum atomic E-state index is 12.9. The molecule has 0 amide bonds. The van der Waals surface area contributed by atoms with Gasteiger partial charge in [-0.2, -0.15) is 0 Å². The molecule has 0 bridgehead atoms. The molecule has 3 aromatic rings. The highest BCUT2D eigenvalue weighted by Gasteiger charge is 2.45. The number of carboxylic acids is 1. The summed E-state index contributed by atoms with van der Waals surface area (Å²) in [5.41, 5.74) is 8.74. The number of ether oxygens (including phenoxy) is 2. The summed E-state index contributed by atoms with van der Waals surface area (Å²) in [5.74, 6) is -1.93. The first-order valence-electron chi connectivity index (χ1n) is 9.94. The first-order valence-corrected chi connectivity index (χ1v) is 9.94. The fraction of sp³-hybridized carbons (Fsp3) is 0.200. The van der Waals surface area contributed by atoms with E-state index in [0.29, 0.717) is 11.3 Å². The second-order valence-corrected chi connectivity index (χ2v) is 7.63. The summed E-state index contributed by atoms with van der Waals surface area (Å²) in [7, 11) is 1.54. The van der Waals surface area contributed by atoms with Gasteiger partial charge in [-0.1, -0.05) is 60.7 Å². The molecule has 0 aromatic heterocycles. The molecule has 1 aliphatic rings. The van der Waals surface area contributed by atoms with Gasteiger partial charge < -0.3 is 20.3 Å². The number of esters is 1. The van der Waals surface area contributed by atoms with Crippen molar-refractivity contribution in [2.75, 3.05) is 13.7 Å². The number of hydrogen-bond acceptors (Lipinski definition) is 5. The molecule has 158 valence electrons. The van der Waals surface area contributed by atoms with Crippen LogP contribution in [0.5, 0.6) is 5.75 Å². The summed E-state index contributed by atoms with van der Waals surface area (Å²) in [5, 5.41) is 9.72. The van der Waals surface area contributed by atoms with Gasteiger partial charge in [0.2, 0.25) is 5.54 Å². The van der Waals surface area contributed by atoms with E-state index < -0.39 is 17.5 Å². The molecule has 4 rings (SSSR count). The van der Waals surface area contributed by atoms with E-state index in [-0.39, 0.29) is 18.9 Å². The van der Waals surface area contributed by atoms with E-state index in [1.165, 1.54) is 7.11 Å². The maximum Gasteiger partial charge on any atom is 0.338 e. The predicted octanol–water partition coefficient (Wildman–Crippen LogP) is 3.38. The normalized spacial score (nSPS) is 14.3. The number of benzene rings is 3. The Morgan fingerprint density at radius 1 is 0.935 bits per heavy atom. The van der Waals surface area contributed by atoms with Gasteiger partial charge in [0.1, 0.15) is 12.4 Å². The van der Waals surface area contributed by atoms with E-state index in [9.17, 15) is 14.7 Å². The van der Waals surface area contributed by atoms with Crippen LogP contribution in [0.2, 0.25) is 0 Å². The van der Waals surface area contributed by atoms with E-state index >= 15 is 0 Å². The van der Waals surface area contributed by atoms with Crippen LogP contribution in [0.25, 0.3) is 11.1 Å². The molecule has 3 N–H and O–H groups in total. The first-order chi connectivity index (χ1) is 14.9. The Labute approximate surface area is 180 Å². The van der Waals surface area contributed by atoms with Gasteiger partial charge in [-0.3, -0.25) is 0 Å². The van der Waals surface area contributed by atoms with Crippen molar-refractivity contribution in [1.29, 1.82) is 0 Å². The molecular formula is C25H23NO5. The van der Waals surface area contributed by atoms with Crippen LogP contribution < -0.4 is 10.5 Å². The second kappa shape index (κ2) is 8.24. The van der Waals surface area contributed by atoms with Gasteiger partial charge in [-0.05, 0) is 39.9 Å². The van der Waals surface area contributed by atoms with Crippen molar-refractivity contribution < 1.29 is 24.2 Å². The summed E-state index contributed by atoms with van der Waals surface area (Å²) in [6, 6.07) is 22.6. The van der Waals surface area contributed by atoms with Gasteiger partial charge in [-0.25, -0.2) is 9.59 Å². The summed E-state index contributed by atoms with van der Waals surface area (Å²) < 4.78 is 10.6. The Kier molecular flexibility index (Phi) is 5.48. The average Bonchev–Trinajstić information content (AvgIpc) is 3.11. The summed E-state index contributed by atoms with van der Waals surface area (Å²) >= 11 is 0. The number of methoxy groups -OCH3 is 1.